The summed E-state index contributed by atoms with van der Waals surface area (Å²) in [5.74, 6) is 0.544. The first kappa shape index (κ1) is 13.6. The molecule has 2 atom stereocenters. The Morgan fingerprint density at radius 1 is 1.45 bits per heavy atom. The zero-order valence-electron chi connectivity index (χ0n) is 11.9. The van der Waals surface area contributed by atoms with E-state index in [1.807, 2.05) is 0 Å². The number of nitrogens with one attached hydrogen (secondary N) is 2. The highest BCUT2D eigenvalue weighted by Gasteiger charge is 2.50. The third kappa shape index (κ3) is 2.45. The van der Waals surface area contributed by atoms with E-state index in [1.165, 1.54) is 5.56 Å². The Morgan fingerprint density at radius 3 is 3.05 bits per heavy atom. The van der Waals surface area contributed by atoms with Crippen molar-refractivity contribution in [2.75, 3.05) is 26.3 Å². The van der Waals surface area contributed by atoms with E-state index < -0.39 is 0 Å². The first-order valence-electron chi connectivity index (χ1n) is 7.33. The highest BCUT2D eigenvalue weighted by atomic mass is 16.5. The SMILES string of the molecule is Cc1ccc(CNC(=O)[C@]23CNC[C@H]2CCOC3)cc1. The van der Waals surface area contributed by atoms with Gasteiger partial charge in [0.1, 0.15) is 0 Å². The van der Waals surface area contributed by atoms with Gasteiger partial charge in [0.25, 0.3) is 0 Å². The topological polar surface area (TPSA) is 50.4 Å². The Labute approximate surface area is 119 Å². The third-order valence-electron chi connectivity index (χ3n) is 4.61. The minimum atomic E-state index is -0.358. The molecule has 20 heavy (non-hydrogen) atoms. The number of hydrogen-bond donors (Lipinski definition) is 2. The maximum atomic E-state index is 12.6. The van der Waals surface area contributed by atoms with Crippen molar-refractivity contribution in [1.29, 1.82) is 0 Å². The summed E-state index contributed by atoms with van der Waals surface area (Å²) in [6.07, 6.45) is 0.977. The number of fused-ring (bicyclic) bond motifs is 1. The number of carbonyl (C=O) groups is 1. The average molecular weight is 274 g/mol. The van der Waals surface area contributed by atoms with E-state index in [0.29, 0.717) is 19.1 Å². The summed E-state index contributed by atoms with van der Waals surface area (Å²) in [7, 11) is 0. The second kappa shape index (κ2) is 5.54. The Bertz CT molecular complexity index is 486. The summed E-state index contributed by atoms with van der Waals surface area (Å²) >= 11 is 0. The lowest BCUT2D eigenvalue weighted by Gasteiger charge is -2.36. The molecule has 3 rings (SSSR count). The van der Waals surface area contributed by atoms with Crippen molar-refractivity contribution in [3.05, 3.63) is 35.4 Å². The molecule has 0 aliphatic carbocycles. The van der Waals surface area contributed by atoms with Crippen LogP contribution in [0.15, 0.2) is 24.3 Å². The fraction of sp³-hybridized carbons (Fsp3) is 0.562. The fourth-order valence-corrected chi connectivity index (χ4v) is 3.23. The van der Waals surface area contributed by atoms with Crippen molar-refractivity contribution in [2.45, 2.75) is 19.9 Å². The highest BCUT2D eigenvalue weighted by molar-refractivity contribution is 5.84. The molecule has 2 aliphatic heterocycles. The van der Waals surface area contributed by atoms with Crippen LogP contribution in [-0.2, 0) is 16.1 Å². The third-order valence-corrected chi connectivity index (χ3v) is 4.61. The Balaban J connectivity index is 1.65. The second-order valence-corrected chi connectivity index (χ2v) is 5.99. The lowest BCUT2D eigenvalue weighted by Crippen LogP contribution is -2.51. The normalized spacial score (nSPS) is 28.9. The summed E-state index contributed by atoms with van der Waals surface area (Å²) in [6.45, 7) is 5.64. The van der Waals surface area contributed by atoms with E-state index in [1.54, 1.807) is 0 Å². The predicted octanol–water partition coefficient (Wildman–Crippen LogP) is 1.24. The molecular weight excluding hydrogens is 252 g/mol. The van der Waals surface area contributed by atoms with Crippen LogP contribution in [0.3, 0.4) is 0 Å². The van der Waals surface area contributed by atoms with Crippen LogP contribution in [0.25, 0.3) is 0 Å². The van der Waals surface area contributed by atoms with Crippen LogP contribution >= 0.6 is 0 Å². The molecule has 4 heteroatoms. The van der Waals surface area contributed by atoms with Gasteiger partial charge in [0, 0.05) is 19.7 Å². The summed E-state index contributed by atoms with van der Waals surface area (Å²) in [6, 6.07) is 8.27. The lowest BCUT2D eigenvalue weighted by atomic mass is 9.75. The molecule has 2 fully saturated rings. The molecule has 0 radical (unpaired) electrons. The highest BCUT2D eigenvalue weighted by Crippen LogP contribution is 2.37. The Kier molecular flexibility index (Phi) is 3.76. The van der Waals surface area contributed by atoms with E-state index >= 15 is 0 Å². The van der Waals surface area contributed by atoms with Gasteiger partial charge < -0.3 is 15.4 Å². The number of carbonyl (C=O) groups excluding carboxylic acids is 1. The monoisotopic (exact) mass is 274 g/mol. The summed E-state index contributed by atoms with van der Waals surface area (Å²) < 4.78 is 5.57. The fourth-order valence-electron chi connectivity index (χ4n) is 3.23. The number of amides is 1. The summed E-state index contributed by atoms with van der Waals surface area (Å²) in [5.41, 5.74) is 2.02. The second-order valence-electron chi connectivity index (χ2n) is 5.99. The van der Waals surface area contributed by atoms with E-state index in [-0.39, 0.29) is 11.3 Å². The molecule has 0 aromatic heterocycles. The van der Waals surface area contributed by atoms with Crippen molar-refractivity contribution in [2.24, 2.45) is 11.3 Å². The molecule has 2 aliphatic rings. The molecule has 0 spiro atoms. The van der Waals surface area contributed by atoms with Crippen molar-refractivity contribution in [3.8, 4) is 0 Å². The van der Waals surface area contributed by atoms with Crippen LogP contribution in [0.4, 0.5) is 0 Å². The minimum absolute atomic E-state index is 0.132. The van der Waals surface area contributed by atoms with Crippen LogP contribution in [0, 0.1) is 18.3 Å². The molecule has 1 aromatic carbocycles. The quantitative estimate of drug-likeness (QED) is 0.872. The van der Waals surface area contributed by atoms with E-state index in [0.717, 1.165) is 31.7 Å². The van der Waals surface area contributed by atoms with Crippen molar-refractivity contribution in [1.82, 2.24) is 10.6 Å². The number of rotatable bonds is 3. The number of aryl methyl sites for hydroxylation is 1. The summed E-state index contributed by atoms with van der Waals surface area (Å²) in [4.78, 5) is 12.6. The van der Waals surface area contributed by atoms with Gasteiger partial charge in [0.05, 0.1) is 12.0 Å². The van der Waals surface area contributed by atoms with E-state index in [9.17, 15) is 4.79 Å². The van der Waals surface area contributed by atoms with Crippen LogP contribution in [0.5, 0.6) is 0 Å². The molecule has 2 saturated heterocycles. The molecular formula is C16H22N2O2. The van der Waals surface area contributed by atoms with Gasteiger partial charge in [-0.15, -0.1) is 0 Å². The average Bonchev–Trinajstić information content (AvgIpc) is 2.91. The van der Waals surface area contributed by atoms with Gasteiger partial charge in [-0.05, 0) is 31.4 Å². The zero-order valence-corrected chi connectivity index (χ0v) is 11.9. The molecule has 2 heterocycles. The maximum absolute atomic E-state index is 12.6. The zero-order chi connectivity index (χ0) is 14.0. The minimum Gasteiger partial charge on any atom is -0.380 e. The van der Waals surface area contributed by atoms with E-state index in [4.69, 9.17) is 4.74 Å². The number of benzene rings is 1. The molecule has 108 valence electrons. The Morgan fingerprint density at radius 2 is 2.25 bits per heavy atom. The van der Waals surface area contributed by atoms with Gasteiger partial charge in [-0.1, -0.05) is 29.8 Å². The molecule has 1 aromatic rings. The molecule has 2 N–H and O–H groups in total. The van der Waals surface area contributed by atoms with Crippen LogP contribution < -0.4 is 10.6 Å². The van der Waals surface area contributed by atoms with Crippen LogP contribution in [-0.4, -0.2) is 32.2 Å². The maximum Gasteiger partial charge on any atom is 0.230 e. The first-order valence-corrected chi connectivity index (χ1v) is 7.33. The lowest BCUT2D eigenvalue weighted by molar-refractivity contribution is -0.141. The van der Waals surface area contributed by atoms with Crippen molar-refractivity contribution in [3.63, 3.8) is 0 Å². The van der Waals surface area contributed by atoms with Gasteiger partial charge in [-0.3, -0.25) is 4.79 Å². The first-order chi connectivity index (χ1) is 9.71. The Hall–Kier alpha value is -1.39. The van der Waals surface area contributed by atoms with Gasteiger partial charge in [-0.25, -0.2) is 0 Å². The number of ether oxygens (including phenoxy) is 1. The largest absolute Gasteiger partial charge is 0.380 e. The number of hydrogen-bond acceptors (Lipinski definition) is 3. The predicted molar refractivity (Wildman–Crippen MR) is 77.3 cm³/mol. The van der Waals surface area contributed by atoms with Crippen LogP contribution in [0.2, 0.25) is 0 Å². The van der Waals surface area contributed by atoms with Gasteiger partial charge in [0.15, 0.2) is 0 Å². The van der Waals surface area contributed by atoms with E-state index in [2.05, 4.69) is 41.8 Å². The standard InChI is InChI=1S/C16H22N2O2/c1-12-2-4-13(5-3-12)8-18-15(19)16-10-17-9-14(16)6-7-20-11-16/h2-5,14,17H,6-11H2,1H3,(H,18,19)/t14-,16+/m1/s1. The molecule has 1 amide bonds. The summed E-state index contributed by atoms with van der Waals surface area (Å²) in [5, 5.41) is 6.44. The van der Waals surface area contributed by atoms with Gasteiger partial charge >= 0.3 is 0 Å². The molecule has 0 bridgehead atoms. The molecule has 0 saturated carbocycles. The van der Waals surface area contributed by atoms with Gasteiger partial charge in [-0.2, -0.15) is 0 Å². The molecule has 0 unspecified atom stereocenters. The van der Waals surface area contributed by atoms with Crippen molar-refractivity contribution >= 4 is 5.91 Å². The van der Waals surface area contributed by atoms with Crippen molar-refractivity contribution < 1.29 is 9.53 Å². The van der Waals surface area contributed by atoms with Crippen LogP contribution in [0.1, 0.15) is 17.5 Å². The smallest absolute Gasteiger partial charge is 0.230 e. The molecule has 4 nitrogen and oxygen atoms in total. The van der Waals surface area contributed by atoms with Gasteiger partial charge in [0.2, 0.25) is 5.91 Å².